The monoisotopic (exact) mass is 231 g/mol. The van der Waals surface area contributed by atoms with Crippen molar-refractivity contribution < 1.29 is 4.74 Å². The van der Waals surface area contributed by atoms with Crippen LogP contribution in [0.4, 0.5) is 0 Å². The van der Waals surface area contributed by atoms with Gasteiger partial charge >= 0.3 is 0 Å². The van der Waals surface area contributed by atoms with E-state index in [-0.39, 0.29) is 0 Å². The smallest absolute Gasteiger partial charge is 0.119 e. The lowest BCUT2D eigenvalue weighted by molar-refractivity contribution is 0.120. The van der Waals surface area contributed by atoms with Crippen molar-refractivity contribution in [2.75, 3.05) is 6.54 Å². The highest BCUT2D eigenvalue weighted by molar-refractivity contribution is 5.28. The first-order valence-electron chi connectivity index (χ1n) is 6.89. The van der Waals surface area contributed by atoms with Crippen molar-refractivity contribution in [1.82, 2.24) is 5.32 Å². The second-order valence-electron chi connectivity index (χ2n) is 5.31. The molecule has 0 bridgehead atoms. The number of hydrogen-bond acceptors (Lipinski definition) is 2. The van der Waals surface area contributed by atoms with E-state index in [9.17, 15) is 0 Å². The molecule has 1 saturated heterocycles. The standard InChI is InChI=1S/C15H21NO/c1-4-14(5-1)17-15-8-6-12(7-9-15)11-13-3-2-10-16-13/h6-9,13-14,16H,1-5,10-11H2. The maximum atomic E-state index is 5.86. The minimum Gasteiger partial charge on any atom is -0.490 e. The summed E-state index contributed by atoms with van der Waals surface area (Å²) in [5, 5.41) is 3.54. The minimum absolute atomic E-state index is 0.484. The molecule has 1 heterocycles. The molecule has 1 aliphatic heterocycles. The first-order chi connectivity index (χ1) is 8.40. The predicted octanol–water partition coefficient (Wildman–Crippen LogP) is 2.91. The van der Waals surface area contributed by atoms with Crippen LogP contribution < -0.4 is 10.1 Å². The van der Waals surface area contributed by atoms with E-state index >= 15 is 0 Å². The lowest BCUT2D eigenvalue weighted by Gasteiger charge is -2.26. The Morgan fingerprint density at radius 2 is 1.88 bits per heavy atom. The zero-order valence-corrected chi connectivity index (χ0v) is 10.3. The normalized spacial score (nSPS) is 24.6. The van der Waals surface area contributed by atoms with Crippen LogP contribution in [0.25, 0.3) is 0 Å². The van der Waals surface area contributed by atoms with Gasteiger partial charge in [0.25, 0.3) is 0 Å². The Bertz CT molecular complexity index is 350. The first kappa shape index (κ1) is 11.1. The SMILES string of the molecule is c1cc(OC2CCC2)ccc1CC1CCCN1. The number of hydrogen-bond donors (Lipinski definition) is 1. The molecule has 2 fully saturated rings. The quantitative estimate of drug-likeness (QED) is 0.860. The summed E-state index contributed by atoms with van der Waals surface area (Å²) in [5.41, 5.74) is 1.42. The topological polar surface area (TPSA) is 21.3 Å². The van der Waals surface area contributed by atoms with E-state index < -0.39 is 0 Å². The Morgan fingerprint density at radius 1 is 1.06 bits per heavy atom. The van der Waals surface area contributed by atoms with Crippen molar-refractivity contribution in [2.45, 2.75) is 50.7 Å². The molecular formula is C15H21NO. The molecule has 1 N–H and O–H groups in total. The highest BCUT2D eigenvalue weighted by Gasteiger charge is 2.19. The van der Waals surface area contributed by atoms with Gasteiger partial charge in [-0.25, -0.2) is 0 Å². The van der Waals surface area contributed by atoms with Crippen molar-refractivity contribution >= 4 is 0 Å². The molecule has 0 amide bonds. The van der Waals surface area contributed by atoms with Gasteiger partial charge in [0.15, 0.2) is 0 Å². The number of ether oxygens (including phenoxy) is 1. The van der Waals surface area contributed by atoms with Gasteiger partial charge in [-0.15, -0.1) is 0 Å². The van der Waals surface area contributed by atoms with Crippen molar-refractivity contribution in [2.24, 2.45) is 0 Å². The van der Waals surface area contributed by atoms with E-state index in [0.29, 0.717) is 12.1 Å². The van der Waals surface area contributed by atoms with Crippen LogP contribution in [0.1, 0.15) is 37.7 Å². The molecular weight excluding hydrogens is 210 g/mol. The predicted molar refractivity (Wildman–Crippen MR) is 69.4 cm³/mol. The number of rotatable bonds is 4. The molecule has 1 aromatic carbocycles. The molecule has 3 rings (SSSR count). The van der Waals surface area contributed by atoms with Gasteiger partial charge in [-0.05, 0) is 62.8 Å². The fourth-order valence-corrected chi connectivity index (χ4v) is 2.60. The summed E-state index contributed by atoms with van der Waals surface area (Å²) < 4.78 is 5.86. The fraction of sp³-hybridized carbons (Fsp3) is 0.600. The maximum Gasteiger partial charge on any atom is 0.119 e. The first-order valence-corrected chi connectivity index (χ1v) is 6.89. The van der Waals surface area contributed by atoms with Gasteiger partial charge in [0.05, 0.1) is 6.10 Å². The van der Waals surface area contributed by atoms with Crippen LogP contribution in [0.2, 0.25) is 0 Å². The molecule has 92 valence electrons. The average molecular weight is 231 g/mol. The van der Waals surface area contributed by atoms with E-state index in [1.807, 2.05) is 0 Å². The lowest BCUT2D eigenvalue weighted by Crippen LogP contribution is -2.24. The highest BCUT2D eigenvalue weighted by atomic mass is 16.5. The average Bonchev–Trinajstić information content (AvgIpc) is 2.78. The molecule has 0 aromatic heterocycles. The van der Waals surface area contributed by atoms with Crippen molar-refractivity contribution in [3.63, 3.8) is 0 Å². The van der Waals surface area contributed by atoms with Crippen LogP contribution in [0.5, 0.6) is 5.75 Å². The molecule has 0 spiro atoms. The van der Waals surface area contributed by atoms with E-state index in [2.05, 4.69) is 29.6 Å². The highest BCUT2D eigenvalue weighted by Crippen LogP contribution is 2.25. The number of benzene rings is 1. The third-order valence-corrected chi connectivity index (χ3v) is 3.92. The summed E-state index contributed by atoms with van der Waals surface area (Å²) in [6.45, 7) is 1.19. The summed E-state index contributed by atoms with van der Waals surface area (Å²) in [6.07, 6.45) is 8.08. The van der Waals surface area contributed by atoms with Gasteiger partial charge < -0.3 is 10.1 Å². The Balaban J connectivity index is 1.55. The van der Waals surface area contributed by atoms with Crippen LogP contribution >= 0.6 is 0 Å². The summed E-state index contributed by atoms with van der Waals surface area (Å²) in [4.78, 5) is 0. The molecule has 2 aliphatic rings. The van der Waals surface area contributed by atoms with Crippen LogP contribution in [-0.4, -0.2) is 18.7 Å². The van der Waals surface area contributed by atoms with Crippen LogP contribution in [0.3, 0.4) is 0 Å². The second-order valence-corrected chi connectivity index (χ2v) is 5.31. The minimum atomic E-state index is 0.484. The van der Waals surface area contributed by atoms with E-state index in [1.54, 1.807) is 0 Å². The second kappa shape index (κ2) is 5.09. The van der Waals surface area contributed by atoms with Gasteiger partial charge in [-0.3, -0.25) is 0 Å². The maximum absolute atomic E-state index is 5.86. The van der Waals surface area contributed by atoms with Gasteiger partial charge in [-0.1, -0.05) is 12.1 Å². The molecule has 2 heteroatoms. The summed E-state index contributed by atoms with van der Waals surface area (Å²) in [5.74, 6) is 1.04. The van der Waals surface area contributed by atoms with E-state index in [1.165, 1.54) is 44.2 Å². The van der Waals surface area contributed by atoms with Gasteiger partial charge in [0.1, 0.15) is 5.75 Å². The third-order valence-electron chi connectivity index (χ3n) is 3.92. The third kappa shape index (κ3) is 2.81. The van der Waals surface area contributed by atoms with Crippen molar-refractivity contribution in [1.29, 1.82) is 0 Å². The van der Waals surface area contributed by atoms with Crippen molar-refractivity contribution in [3.8, 4) is 5.75 Å². The molecule has 1 aromatic rings. The van der Waals surface area contributed by atoms with Gasteiger partial charge in [-0.2, -0.15) is 0 Å². The Hall–Kier alpha value is -1.02. The molecule has 1 saturated carbocycles. The molecule has 1 unspecified atom stereocenters. The number of nitrogens with one attached hydrogen (secondary N) is 1. The Kier molecular flexibility index (Phi) is 3.32. The molecule has 1 aliphatic carbocycles. The molecule has 1 atom stereocenters. The fourth-order valence-electron chi connectivity index (χ4n) is 2.60. The lowest BCUT2D eigenvalue weighted by atomic mass is 9.96. The van der Waals surface area contributed by atoms with E-state index in [0.717, 1.165) is 12.2 Å². The van der Waals surface area contributed by atoms with Gasteiger partial charge in [0.2, 0.25) is 0 Å². The van der Waals surface area contributed by atoms with Crippen LogP contribution in [-0.2, 0) is 6.42 Å². The van der Waals surface area contributed by atoms with Crippen LogP contribution in [0, 0.1) is 0 Å². The summed E-state index contributed by atoms with van der Waals surface area (Å²) in [6, 6.07) is 9.38. The molecule has 0 radical (unpaired) electrons. The summed E-state index contributed by atoms with van der Waals surface area (Å²) in [7, 11) is 0. The largest absolute Gasteiger partial charge is 0.490 e. The molecule has 17 heavy (non-hydrogen) atoms. The summed E-state index contributed by atoms with van der Waals surface area (Å²) >= 11 is 0. The zero-order chi connectivity index (χ0) is 11.5. The zero-order valence-electron chi connectivity index (χ0n) is 10.3. The van der Waals surface area contributed by atoms with Crippen molar-refractivity contribution in [3.05, 3.63) is 29.8 Å². The van der Waals surface area contributed by atoms with E-state index in [4.69, 9.17) is 4.74 Å². The van der Waals surface area contributed by atoms with Gasteiger partial charge in [0, 0.05) is 6.04 Å². The Labute approximate surface area is 103 Å². The van der Waals surface area contributed by atoms with Crippen LogP contribution in [0.15, 0.2) is 24.3 Å². The molecule has 2 nitrogen and oxygen atoms in total. The Morgan fingerprint density at radius 3 is 2.47 bits per heavy atom.